The van der Waals surface area contributed by atoms with E-state index in [9.17, 15) is 4.79 Å². The Hall–Kier alpha value is -1.51. The molecule has 0 aromatic heterocycles. The molecule has 0 bridgehead atoms. The molecule has 17 heavy (non-hydrogen) atoms. The first-order valence-corrected chi connectivity index (χ1v) is 6.09. The number of hydrogen-bond donors (Lipinski definition) is 0. The molecule has 0 saturated carbocycles. The van der Waals surface area contributed by atoms with Crippen LogP contribution >= 0.6 is 0 Å². The molecule has 1 rings (SSSR count). The second-order valence-electron chi connectivity index (χ2n) is 3.90. The summed E-state index contributed by atoms with van der Waals surface area (Å²) in [6.45, 7) is 6.93. The molecule has 3 heteroatoms. The van der Waals surface area contributed by atoms with E-state index in [1.54, 1.807) is 13.0 Å². The third-order valence-corrected chi connectivity index (χ3v) is 2.46. The monoisotopic (exact) mass is 236 g/mol. The minimum atomic E-state index is -0.273. The highest BCUT2D eigenvalue weighted by Crippen LogP contribution is 2.18. The van der Waals surface area contributed by atoms with Crippen LogP contribution in [0.15, 0.2) is 18.2 Å². The van der Waals surface area contributed by atoms with Crippen LogP contribution in [0.4, 0.5) is 0 Å². The fourth-order valence-corrected chi connectivity index (χ4v) is 1.50. The highest BCUT2D eigenvalue weighted by molar-refractivity contribution is 5.91. The lowest BCUT2D eigenvalue weighted by molar-refractivity contribution is 0.0525. The fraction of sp³-hybridized carbons (Fsp3) is 0.500. The van der Waals surface area contributed by atoms with Crippen LogP contribution in [0.2, 0.25) is 0 Å². The van der Waals surface area contributed by atoms with Crippen molar-refractivity contribution >= 4 is 5.97 Å². The molecule has 0 aliphatic carbocycles. The number of ether oxygens (including phenoxy) is 2. The van der Waals surface area contributed by atoms with Gasteiger partial charge >= 0.3 is 5.97 Å². The summed E-state index contributed by atoms with van der Waals surface area (Å²) >= 11 is 0. The van der Waals surface area contributed by atoms with Crippen LogP contribution in [-0.2, 0) is 4.74 Å². The van der Waals surface area contributed by atoms with E-state index in [2.05, 4.69) is 6.92 Å². The average molecular weight is 236 g/mol. The molecule has 1 aromatic rings. The van der Waals surface area contributed by atoms with Gasteiger partial charge in [-0.3, -0.25) is 0 Å². The molecule has 0 spiro atoms. The molecule has 1 aromatic carbocycles. The maximum atomic E-state index is 11.6. The highest BCUT2D eigenvalue weighted by atomic mass is 16.5. The zero-order chi connectivity index (χ0) is 12.7. The largest absolute Gasteiger partial charge is 0.494 e. The van der Waals surface area contributed by atoms with Crippen LogP contribution in [0.1, 0.15) is 42.6 Å². The average Bonchev–Trinajstić information content (AvgIpc) is 2.29. The molecule has 0 amide bonds. The van der Waals surface area contributed by atoms with Gasteiger partial charge in [0, 0.05) is 0 Å². The van der Waals surface area contributed by atoms with Crippen molar-refractivity contribution in [3.8, 4) is 5.75 Å². The Bertz CT molecular complexity index is 372. The lowest BCUT2D eigenvalue weighted by atomic mass is 10.1. The number of rotatable bonds is 6. The van der Waals surface area contributed by atoms with E-state index >= 15 is 0 Å². The van der Waals surface area contributed by atoms with E-state index < -0.39 is 0 Å². The van der Waals surface area contributed by atoms with Crippen molar-refractivity contribution in [1.82, 2.24) is 0 Å². The summed E-state index contributed by atoms with van der Waals surface area (Å²) in [5, 5.41) is 0. The van der Waals surface area contributed by atoms with Gasteiger partial charge in [-0.15, -0.1) is 0 Å². The summed E-state index contributed by atoms with van der Waals surface area (Å²) in [4.78, 5) is 11.6. The Kier molecular flexibility index (Phi) is 5.53. The van der Waals surface area contributed by atoms with Crippen LogP contribution in [-0.4, -0.2) is 19.2 Å². The van der Waals surface area contributed by atoms with E-state index in [0.29, 0.717) is 18.8 Å². The molecule has 0 aliphatic rings. The number of aryl methyl sites for hydroxylation is 1. The minimum Gasteiger partial charge on any atom is -0.494 e. The summed E-state index contributed by atoms with van der Waals surface area (Å²) in [5.41, 5.74) is 1.49. The standard InChI is InChI=1S/C14H20O3/c1-4-6-9-17-12-7-8-13(11(3)10-12)14(15)16-5-2/h7-8,10H,4-6,9H2,1-3H3. The van der Waals surface area contributed by atoms with Gasteiger partial charge in [0.15, 0.2) is 0 Å². The fourth-order valence-electron chi connectivity index (χ4n) is 1.50. The first-order valence-electron chi connectivity index (χ1n) is 6.09. The normalized spacial score (nSPS) is 10.1. The lowest BCUT2D eigenvalue weighted by Crippen LogP contribution is -2.07. The van der Waals surface area contributed by atoms with Crippen LogP contribution in [0.5, 0.6) is 5.75 Å². The SMILES string of the molecule is CCCCOc1ccc(C(=O)OCC)c(C)c1. The van der Waals surface area contributed by atoms with Gasteiger partial charge in [0.2, 0.25) is 0 Å². The highest BCUT2D eigenvalue weighted by Gasteiger charge is 2.10. The van der Waals surface area contributed by atoms with Crippen LogP contribution in [0.3, 0.4) is 0 Å². The number of carbonyl (C=O) groups excluding carboxylic acids is 1. The molecular formula is C14H20O3. The van der Waals surface area contributed by atoms with Crippen molar-refractivity contribution in [3.05, 3.63) is 29.3 Å². The zero-order valence-corrected chi connectivity index (χ0v) is 10.8. The van der Waals surface area contributed by atoms with Gasteiger partial charge in [-0.25, -0.2) is 4.79 Å². The zero-order valence-electron chi connectivity index (χ0n) is 10.8. The van der Waals surface area contributed by atoms with Gasteiger partial charge < -0.3 is 9.47 Å². The van der Waals surface area contributed by atoms with Gasteiger partial charge in [0.25, 0.3) is 0 Å². The molecule has 94 valence electrons. The Morgan fingerprint density at radius 1 is 1.29 bits per heavy atom. The van der Waals surface area contributed by atoms with E-state index in [1.807, 2.05) is 19.1 Å². The summed E-state index contributed by atoms with van der Waals surface area (Å²) in [7, 11) is 0. The Balaban J connectivity index is 2.68. The summed E-state index contributed by atoms with van der Waals surface area (Å²) in [5.74, 6) is 0.536. The molecule has 0 atom stereocenters. The molecule has 0 unspecified atom stereocenters. The van der Waals surface area contributed by atoms with Crippen molar-refractivity contribution in [2.75, 3.05) is 13.2 Å². The summed E-state index contributed by atoms with van der Waals surface area (Å²) in [6.07, 6.45) is 2.15. The smallest absolute Gasteiger partial charge is 0.338 e. The maximum absolute atomic E-state index is 11.6. The Morgan fingerprint density at radius 3 is 2.65 bits per heavy atom. The molecular weight excluding hydrogens is 216 g/mol. The predicted molar refractivity (Wildman–Crippen MR) is 67.5 cm³/mol. The minimum absolute atomic E-state index is 0.273. The Morgan fingerprint density at radius 2 is 2.06 bits per heavy atom. The topological polar surface area (TPSA) is 35.5 Å². The maximum Gasteiger partial charge on any atom is 0.338 e. The molecule has 0 N–H and O–H groups in total. The number of benzene rings is 1. The van der Waals surface area contributed by atoms with Crippen molar-refractivity contribution in [1.29, 1.82) is 0 Å². The number of hydrogen-bond acceptors (Lipinski definition) is 3. The molecule has 0 heterocycles. The van der Waals surface area contributed by atoms with Gasteiger partial charge in [0.05, 0.1) is 18.8 Å². The van der Waals surface area contributed by atoms with Crippen molar-refractivity contribution < 1.29 is 14.3 Å². The lowest BCUT2D eigenvalue weighted by Gasteiger charge is -2.09. The van der Waals surface area contributed by atoms with E-state index in [4.69, 9.17) is 9.47 Å². The molecule has 0 fully saturated rings. The Labute approximate surface area is 103 Å². The third-order valence-electron chi connectivity index (χ3n) is 2.46. The second-order valence-corrected chi connectivity index (χ2v) is 3.90. The molecule has 0 radical (unpaired) electrons. The van der Waals surface area contributed by atoms with Gasteiger partial charge in [-0.05, 0) is 44.0 Å². The second kappa shape index (κ2) is 6.94. The van der Waals surface area contributed by atoms with Crippen LogP contribution in [0, 0.1) is 6.92 Å². The van der Waals surface area contributed by atoms with E-state index in [1.165, 1.54) is 0 Å². The van der Waals surface area contributed by atoms with Crippen molar-refractivity contribution in [2.24, 2.45) is 0 Å². The molecule has 0 saturated heterocycles. The van der Waals surface area contributed by atoms with Crippen molar-refractivity contribution in [3.63, 3.8) is 0 Å². The summed E-state index contributed by atoms with van der Waals surface area (Å²) < 4.78 is 10.5. The van der Waals surface area contributed by atoms with Gasteiger partial charge in [-0.1, -0.05) is 13.3 Å². The molecule has 0 aliphatic heterocycles. The van der Waals surface area contributed by atoms with Gasteiger partial charge in [0.1, 0.15) is 5.75 Å². The summed E-state index contributed by atoms with van der Waals surface area (Å²) in [6, 6.07) is 5.45. The molecule has 3 nitrogen and oxygen atoms in total. The number of esters is 1. The van der Waals surface area contributed by atoms with Crippen LogP contribution < -0.4 is 4.74 Å². The van der Waals surface area contributed by atoms with Crippen LogP contribution in [0.25, 0.3) is 0 Å². The number of unbranched alkanes of at least 4 members (excludes halogenated alkanes) is 1. The van der Waals surface area contributed by atoms with E-state index in [0.717, 1.165) is 24.2 Å². The quantitative estimate of drug-likeness (QED) is 0.561. The van der Waals surface area contributed by atoms with Crippen molar-refractivity contribution in [2.45, 2.75) is 33.6 Å². The first-order chi connectivity index (χ1) is 8.19. The first kappa shape index (κ1) is 13.6. The van der Waals surface area contributed by atoms with Gasteiger partial charge in [-0.2, -0.15) is 0 Å². The number of carbonyl (C=O) groups is 1. The predicted octanol–water partition coefficient (Wildman–Crippen LogP) is 3.35. The van der Waals surface area contributed by atoms with E-state index in [-0.39, 0.29) is 5.97 Å². The third kappa shape index (κ3) is 4.10.